The summed E-state index contributed by atoms with van der Waals surface area (Å²) < 4.78 is 1.49. The number of aromatic nitrogens is 2. The summed E-state index contributed by atoms with van der Waals surface area (Å²) in [5, 5.41) is 4.92. The maximum Gasteiger partial charge on any atom is 0.277 e. The highest BCUT2D eigenvalue weighted by Crippen LogP contribution is 1.99. The van der Waals surface area contributed by atoms with Gasteiger partial charge in [-0.25, -0.2) is 0 Å². The van der Waals surface area contributed by atoms with Crippen molar-refractivity contribution < 1.29 is 4.79 Å². The summed E-state index contributed by atoms with van der Waals surface area (Å²) >= 11 is 0. The van der Waals surface area contributed by atoms with E-state index in [-0.39, 0.29) is 12.1 Å². The molecule has 0 aliphatic heterocycles. The molecule has 0 bridgehead atoms. The van der Waals surface area contributed by atoms with Crippen molar-refractivity contribution in [3.8, 4) is 12.3 Å². The molecule has 14 heavy (non-hydrogen) atoms. The second-order valence-corrected chi connectivity index (χ2v) is 2.85. The third-order valence-electron chi connectivity index (χ3n) is 1.94. The lowest BCUT2D eigenvalue weighted by molar-refractivity contribution is 0.0957. The van der Waals surface area contributed by atoms with Gasteiger partial charge in [0.05, 0.1) is 6.54 Å². The van der Waals surface area contributed by atoms with E-state index in [0.717, 1.165) is 0 Å². The van der Waals surface area contributed by atoms with Gasteiger partial charge in [-0.1, -0.05) is 5.92 Å². The molecule has 0 spiro atoms. The van der Waals surface area contributed by atoms with Gasteiger partial charge in [0, 0.05) is 12.7 Å². The zero-order valence-electron chi connectivity index (χ0n) is 8.05. The molecule has 0 aliphatic carbocycles. The molecular weight excluding hydrogens is 182 g/mol. The highest BCUT2D eigenvalue weighted by Gasteiger charge is 2.16. The van der Waals surface area contributed by atoms with Gasteiger partial charge in [0.1, 0.15) is 5.56 Å². The zero-order valence-corrected chi connectivity index (χ0v) is 8.05. The minimum absolute atomic E-state index is 0.114. The Morgan fingerprint density at radius 2 is 2.36 bits per heavy atom. The number of hydrogen-bond donors (Lipinski definition) is 2. The lowest BCUT2D eigenvalue weighted by Crippen LogP contribution is -2.28. The molecule has 1 rings (SSSR count). The largest absolute Gasteiger partial charge is 0.341 e. The first-order chi connectivity index (χ1) is 6.57. The van der Waals surface area contributed by atoms with E-state index in [1.54, 1.807) is 14.0 Å². The maximum atomic E-state index is 11.4. The lowest BCUT2D eigenvalue weighted by Gasteiger charge is -1.99. The Bertz CT molecular complexity index is 448. The summed E-state index contributed by atoms with van der Waals surface area (Å²) in [6, 6.07) is 0. The average Bonchev–Trinajstić information content (AvgIpc) is 2.38. The van der Waals surface area contributed by atoms with Gasteiger partial charge in [0.15, 0.2) is 0 Å². The Kier molecular flexibility index (Phi) is 2.77. The van der Waals surface area contributed by atoms with Crippen LogP contribution in [0.25, 0.3) is 0 Å². The first-order valence-corrected chi connectivity index (χ1v) is 4.05. The Morgan fingerprint density at radius 3 is 2.79 bits per heavy atom. The standard InChI is InChI=1S/C9H11N3O2/c1-4-5-10-8(13)7-6(2)12(3)11-9(7)14/h1H,5H2,2-3H3,(H,10,13)(H,11,14). The normalized spacial score (nSPS) is 9.50. The minimum Gasteiger partial charge on any atom is -0.341 e. The predicted octanol–water partition coefficient (Wildman–Crippen LogP) is -0.615. The fraction of sp³-hybridized carbons (Fsp3) is 0.333. The van der Waals surface area contributed by atoms with Crippen LogP contribution in [0.4, 0.5) is 0 Å². The van der Waals surface area contributed by atoms with E-state index < -0.39 is 11.5 Å². The highest BCUT2D eigenvalue weighted by molar-refractivity contribution is 5.95. The van der Waals surface area contributed by atoms with Crippen LogP contribution in [0.1, 0.15) is 16.1 Å². The fourth-order valence-electron chi connectivity index (χ4n) is 1.11. The molecule has 0 saturated carbocycles. The van der Waals surface area contributed by atoms with E-state index in [1.165, 1.54) is 4.68 Å². The predicted molar refractivity (Wildman–Crippen MR) is 51.9 cm³/mol. The number of nitrogens with zero attached hydrogens (tertiary/aromatic N) is 1. The summed E-state index contributed by atoms with van der Waals surface area (Å²) in [7, 11) is 1.66. The van der Waals surface area contributed by atoms with Crippen LogP contribution in [-0.4, -0.2) is 22.2 Å². The second-order valence-electron chi connectivity index (χ2n) is 2.85. The monoisotopic (exact) mass is 193 g/mol. The van der Waals surface area contributed by atoms with E-state index in [2.05, 4.69) is 16.3 Å². The molecule has 0 aliphatic rings. The Morgan fingerprint density at radius 1 is 1.71 bits per heavy atom. The zero-order chi connectivity index (χ0) is 10.7. The number of carbonyl (C=O) groups excluding carboxylic acids is 1. The number of amides is 1. The topological polar surface area (TPSA) is 66.9 Å². The van der Waals surface area contributed by atoms with Crippen molar-refractivity contribution in [3.63, 3.8) is 0 Å². The van der Waals surface area contributed by atoms with Gasteiger partial charge in [-0.3, -0.25) is 19.4 Å². The summed E-state index contributed by atoms with van der Waals surface area (Å²) in [5.41, 5.74) is 0.298. The van der Waals surface area contributed by atoms with Crippen LogP contribution >= 0.6 is 0 Å². The second kappa shape index (κ2) is 3.83. The average molecular weight is 193 g/mol. The summed E-state index contributed by atoms with van der Waals surface area (Å²) in [4.78, 5) is 22.7. The number of H-pyrrole nitrogens is 1. The van der Waals surface area contributed by atoms with Crippen LogP contribution in [0.15, 0.2) is 4.79 Å². The van der Waals surface area contributed by atoms with Crippen molar-refractivity contribution in [1.82, 2.24) is 15.1 Å². The van der Waals surface area contributed by atoms with Gasteiger partial charge in [-0.2, -0.15) is 0 Å². The number of hydrogen-bond acceptors (Lipinski definition) is 2. The van der Waals surface area contributed by atoms with E-state index in [9.17, 15) is 9.59 Å². The maximum absolute atomic E-state index is 11.4. The molecule has 0 fully saturated rings. The molecule has 1 aromatic rings. The third-order valence-corrected chi connectivity index (χ3v) is 1.94. The Hall–Kier alpha value is -1.96. The van der Waals surface area contributed by atoms with Crippen LogP contribution in [-0.2, 0) is 7.05 Å². The summed E-state index contributed by atoms with van der Waals surface area (Å²) in [6.07, 6.45) is 4.98. The number of nitrogens with one attached hydrogen (secondary N) is 2. The first-order valence-electron chi connectivity index (χ1n) is 4.05. The Balaban J connectivity index is 3.02. The van der Waals surface area contributed by atoms with Crippen LogP contribution in [0.5, 0.6) is 0 Å². The van der Waals surface area contributed by atoms with Crippen molar-refractivity contribution in [2.24, 2.45) is 7.05 Å². The summed E-state index contributed by atoms with van der Waals surface area (Å²) in [5.74, 6) is 1.82. The molecule has 5 nitrogen and oxygen atoms in total. The van der Waals surface area contributed by atoms with Crippen molar-refractivity contribution in [3.05, 3.63) is 21.6 Å². The van der Waals surface area contributed by atoms with Crippen LogP contribution in [0.3, 0.4) is 0 Å². The third kappa shape index (κ3) is 1.69. The lowest BCUT2D eigenvalue weighted by atomic mass is 10.2. The molecule has 1 heterocycles. The molecule has 0 atom stereocenters. The number of carbonyl (C=O) groups is 1. The number of aromatic amines is 1. The van der Waals surface area contributed by atoms with E-state index in [1.807, 2.05) is 0 Å². The SMILES string of the molecule is C#CCNC(=O)c1c(C)n(C)[nH]c1=O. The van der Waals surface area contributed by atoms with Crippen molar-refractivity contribution in [1.29, 1.82) is 0 Å². The molecular formula is C9H11N3O2. The fourth-order valence-corrected chi connectivity index (χ4v) is 1.11. The molecule has 0 aromatic carbocycles. The summed E-state index contributed by atoms with van der Waals surface area (Å²) in [6.45, 7) is 1.80. The Labute approximate surface area is 81.1 Å². The van der Waals surface area contributed by atoms with Gasteiger partial charge >= 0.3 is 0 Å². The van der Waals surface area contributed by atoms with Crippen LogP contribution in [0.2, 0.25) is 0 Å². The molecule has 0 unspecified atom stereocenters. The number of aryl methyl sites for hydroxylation is 1. The smallest absolute Gasteiger partial charge is 0.277 e. The van der Waals surface area contributed by atoms with Gasteiger partial charge in [-0.05, 0) is 6.92 Å². The molecule has 5 heteroatoms. The van der Waals surface area contributed by atoms with Crippen LogP contribution in [0, 0.1) is 19.3 Å². The van der Waals surface area contributed by atoms with E-state index in [4.69, 9.17) is 6.42 Å². The number of rotatable bonds is 2. The van der Waals surface area contributed by atoms with Crippen LogP contribution < -0.4 is 10.9 Å². The first kappa shape index (κ1) is 10.1. The number of terminal acetylenes is 1. The van der Waals surface area contributed by atoms with E-state index in [0.29, 0.717) is 5.69 Å². The molecule has 1 amide bonds. The highest BCUT2D eigenvalue weighted by atomic mass is 16.2. The quantitative estimate of drug-likeness (QED) is 0.615. The van der Waals surface area contributed by atoms with Gasteiger partial charge < -0.3 is 5.32 Å². The van der Waals surface area contributed by atoms with Gasteiger partial charge in [-0.15, -0.1) is 6.42 Å². The minimum atomic E-state index is -0.442. The molecule has 2 N–H and O–H groups in total. The van der Waals surface area contributed by atoms with Gasteiger partial charge in [0.2, 0.25) is 0 Å². The molecule has 1 aromatic heterocycles. The van der Waals surface area contributed by atoms with Crippen molar-refractivity contribution in [2.75, 3.05) is 6.54 Å². The molecule has 0 saturated heterocycles. The van der Waals surface area contributed by atoms with Gasteiger partial charge in [0.25, 0.3) is 11.5 Å². The van der Waals surface area contributed by atoms with E-state index >= 15 is 0 Å². The van der Waals surface area contributed by atoms with Crippen molar-refractivity contribution >= 4 is 5.91 Å². The molecule has 0 radical (unpaired) electrons. The molecule has 74 valence electrons. The van der Waals surface area contributed by atoms with Crippen molar-refractivity contribution in [2.45, 2.75) is 6.92 Å².